The summed E-state index contributed by atoms with van der Waals surface area (Å²) in [6.07, 6.45) is 2.48. The highest BCUT2D eigenvalue weighted by Gasteiger charge is 2.41. The Labute approximate surface area is 89.9 Å². The first-order valence-corrected chi connectivity index (χ1v) is 5.43. The van der Waals surface area contributed by atoms with Gasteiger partial charge in [-0.05, 0) is 26.2 Å². The molecule has 0 aliphatic heterocycles. The Hall–Kier alpha value is -1.15. The third-order valence-corrected chi connectivity index (χ3v) is 3.30. The fourth-order valence-corrected chi connectivity index (χ4v) is 2.37. The lowest BCUT2D eigenvalue weighted by molar-refractivity contribution is 0.0224. The number of Topliss-reactive ketones (excluding diaryl/α,β-unsaturated/α-hetero) is 1. The van der Waals surface area contributed by atoms with E-state index in [0.29, 0.717) is 5.56 Å². The fourth-order valence-electron chi connectivity index (χ4n) is 2.37. The SMILES string of the molecule is C[C@]1(O)CCC[C@H]1C(=O)c1ccccc1. The monoisotopic (exact) mass is 204 g/mol. The molecule has 0 radical (unpaired) electrons. The van der Waals surface area contributed by atoms with E-state index in [0.717, 1.165) is 19.3 Å². The third kappa shape index (κ3) is 1.95. The molecule has 0 amide bonds. The molecule has 15 heavy (non-hydrogen) atoms. The van der Waals surface area contributed by atoms with Gasteiger partial charge in [-0.2, -0.15) is 0 Å². The number of benzene rings is 1. The lowest BCUT2D eigenvalue weighted by Gasteiger charge is -2.24. The van der Waals surface area contributed by atoms with Gasteiger partial charge in [-0.1, -0.05) is 30.3 Å². The van der Waals surface area contributed by atoms with E-state index in [1.807, 2.05) is 30.3 Å². The van der Waals surface area contributed by atoms with Crippen LogP contribution in [0.2, 0.25) is 0 Å². The quantitative estimate of drug-likeness (QED) is 0.751. The molecule has 1 aliphatic rings. The molecule has 1 aliphatic carbocycles. The zero-order valence-electron chi connectivity index (χ0n) is 8.94. The largest absolute Gasteiger partial charge is 0.389 e. The van der Waals surface area contributed by atoms with Crippen LogP contribution in [0.1, 0.15) is 36.5 Å². The van der Waals surface area contributed by atoms with Gasteiger partial charge in [0.2, 0.25) is 0 Å². The maximum atomic E-state index is 12.1. The van der Waals surface area contributed by atoms with Crippen LogP contribution in [-0.2, 0) is 0 Å². The first kappa shape index (κ1) is 10.4. The smallest absolute Gasteiger partial charge is 0.168 e. The zero-order valence-corrected chi connectivity index (χ0v) is 8.94. The van der Waals surface area contributed by atoms with Gasteiger partial charge in [0.1, 0.15) is 0 Å². The summed E-state index contributed by atoms with van der Waals surface area (Å²) in [6, 6.07) is 9.24. The summed E-state index contributed by atoms with van der Waals surface area (Å²) >= 11 is 0. The molecule has 2 heteroatoms. The van der Waals surface area contributed by atoms with E-state index in [1.165, 1.54) is 0 Å². The van der Waals surface area contributed by atoms with Gasteiger partial charge in [0.15, 0.2) is 5.78 Å². The average Bonchev–Trinajstić information content (AvgIpc) is 2.58. The van der Waals surface area contributed by atoms with Crippen molar-refractivity contribution >= 4 is 5.78 Å². The number of hydrogen-bond donors (Lipinski definition) is 1. The van der Waals surface area contributed by atoms with Gasteiger partial charge in [0.05, 0.1) is 11.5 Å². The molecule has 0 spiro atoms. The molecular weight excluding hydrogens is 188 g/mol. The van der Waals surface area contributed by atoms with Crippen LogP contribution >= 0.6 is 0 Å². The third-order valence-electron chi connectivity index (χ3n) is 3.30. The van der Waals surface area contributed by atoms with Crippen molar-refractivity contribution in [2.75, 3.05) is 0 Å². The highest BCUT2D eigenvalue weighted by atomic mass is 16.3. The zero-order chi connectivity index (χ0) is 10.9. The van der Waals surface area contributed by atoms with Crippen LogP contribution < -0.4 is 0 Å². The van der Waals surface area contributed by atoms with Crippen LogP contribution in [0, 0.1) is 5.92 Å². The van der Waals surface area contributed by atoms with Crippen molar-refractivity contribution in [2.24, 2.45) is 5.92 Å². The number of carbonyl (C=O) groups excluding carboxylic acids is 1. The second-order valence-corrected chi connectivity index (χ2v) is 4.53. The van der Waals surface area contributed by atoms with E-state index in [2.05, 4.69) is 0 Å². The van der Waals surface area contributed by atoms with Gasteiger partial charge in [0.25, 0.3) is 0 Å². The molecule has 80 valence electrons. The molecule has 1 aromatic rings. The molecule has 0 bridgehead atoms. The minimum atomic E-state index is -0.813. The van der Waals surface area contributed by atoms with Crippen molar-refractivity contribution in [3.63, 3.8) is 0 Å². The fraction of sp³-hybridized carbons (Fsp3) is 0.462. The Morgan fingerprint density at radius 2 is 2.07 bits per heavy atom. The molecule has 1 N–H and O–H groups in total. The predicted molar refractivity (Wildman–Crippen MR) is 58.7 cm³/mol. The lowest BCUT2D eigenvalue weighted by atomic mass is 9.86. The highest BCUT2D eigenvalue weighted by molar-refractivity contribution is 5.98. The van der Waals surface area contributed by atoms with Gasteiger partial charge in [0, 0.05) is 5.56 Å². The van der Waals surface area contributed by atoms with Crippen molar-refractivity contribution < 1.29 is 9.90 Å². The first-order chi connectivity index (χ1) is 7.11. The molecule has 2 atom stereocenters. The molecular formula is C13H16O2. The van der Waals surface area contributed by atoms with Crippen molar-refractivity contribution in [3.05, 3.63) is 35.9 Å². The van der Waals surface area contributed by atoms with Crippen LogP contribution in [0.15, 0.2) is 30.3 Å². The van der Waals surface area contributed by atoms with E-state index >= 15 is 0 Å². The van der Waals surface area contributed by atoms with Gasteiger partial charge in [-0.15, -0.1) is 0 Å². The van der Waals surface area contributed by atoms with Crippen molar-refractivity contribution in [2.45, 2.75) is 31.8 Å². The minimum Gasteiger partial charge on any atom is -0.389 e. The Morgan fingerprint density at radius 1 is 1.40 bits per heavy atom. The standard InChI is InChI=1S/C13H16O2/c1-13(15)9-5-8-11(13)12(14)10-6-3-2-4-7-10/h2-4,6-7,11,15H,5,8-9H2,1H3/t11-,13-/m0/s1. The molecule has 0 unspecified atom stereocenters. The van der Waals surface area contributed by atoms with Gasteiger partial charge < -0.3 is 5.11 Å². The number of rotatable bonds is 2. The molecule has 2 rings (SSSR count). The number of ketones is 1. The molecule has 1 saturated carbocycles. The van der Waals surface area contributed by atoms with Gasteiger partial charge in [-0.3, -0.25) is 4.79 Å². The van der Waals surface area contributed by atoms with Crippen LogP contribution in [0.4, 0.5) is 0 Å². The molecule has 0 aromatic heterocycles. The molecule has 1 fully saturated rings. The summed E-state index contributed by atoms with van der Waals surface area (Å²) in [4.78, 5) is 12.1. The van der Waals surface area contributed by atoms with Crippen LogP contribution in [0.25, 0.3) is 0 Å². The second-order valence-electron chi connectivity index (χ2n) is 4.53. The molecule has 2 nitrogen and oxygen atoms in total. The second kappa shape index (κ2) is 3.78. The van der Waals surface area contributed by atoms with Crippen molar-refractivity contribution in [1.82, 2.24) is 0 Å². The average molecular weight is 204 g/mol. The Kier molecular flexibility index (Phi) is 2.61. The van der Waals surface area contributed by atoms with Crippen LogP contribution in [-0.4, -0.2) is 16.5 Å². The Balaban J connectivity index is 2.22. The summed E-state index contributed by atoms with van der Waals surface area (Å²) < 4.78 is 0. The van der Waals surface area contributed by atoms with Gasteiger partial charge in [-0.25, -0.2) is 0 Å². The topological polar surface area (TPSA) is 37.3 Å². The number of hydrogen-bond acceptors (Lipinski definition) is 2. The molecule has 1 aromatic carbocycles. The summed E-state index contributed by atoms with van der Waals surface area (Å²) in [5.74, 6) is -0.141. The Morgan fingerprint density at radius 3 is 2.60 bits per heavy atom. The molecule has 0 heterocycles. The summed E-state index contributed by atoms with van der Waals surface area (Å²) in [6.45, 7) is 1.77. The Bertz CT molecular complexity index is 354. The van der Waals surface area contributed by atoms with E-state index in [9.17, 15) is 9.90 Å². The van der Waals surface area contributed by atoms with Crippen molar-refractivity contribution in [1.29, 1.82) is 0 Å². The van der Waals surface area contributed by atoms with Gasteiger partial charge >= 0.3 is 0 Å². The maximum Gasteiger partial charge on any atom is 0.168 e. The number of aliphatic hydroxyl groups is 1. The van der Waals surface area contributed by atoms with E-state index in [1.54, 1.807) is 6.92 Å². The summed E-state index contributed by atoms with van der Waals surface area (Å²) in [5.41, 5.74) is -0.0999. The predicted octanol–water partition coefficient (Wildman–Crippen LogP) is 2.42. The first-order valence-electron chi connectivity index (χ1n) is 5.43. The van der Waals surface area contributed by atoms with Crippen LogP contribution in [0.5, 0.6) is 0 Å². The summed E-state index contributed by atoms with van der Waals surface area (Å²) in [5, 5.41) is 10.1. The number of carbonyl (C=O) groups is 1. The normalized spacial score (nSPS) is 30.4. The van der Waals surface area contributed by atoms with Crippen LogP contribution in [0.3, 0.4) is 0 Å². The minimum absolute atomic E-state index is 0.0816. The van der Waals surface area contributed by atoms with Crippen molar-refractivity contribution in [3.8, 4) is 0 Å². The van der Waals surface area contributed by atoms with E-state index in [-0.39, 0.29) is 11.7 Å². The highest BCUT2D eigenvalue weighted by Crippen LogP contribution is 2.37. The van der Waals surface area contributed by atoms with E-state index < -0.39 is 5.60 Å². The summed E-state index contributed by atoms with van der Waals surface area (Å²) in [7, 11) is 0. The van der Waals surface area contributed by atoms with E-state index in [4.69, 9.17) is 0 Å². The maximum absolute atomic E-state index is 12.1. The lowest BCUT2D eigenvalue weighted by Crippen LogP contribution is -2.34. The molecule has 0 saturated heterocycles.